The van der Waals surface area contributed by atoms with Gasteiger partial charge in [0.2, 0.25) is 5.89 Å². The molecule has 1 saturated heterocycles. The minimum atomic E-state index is 0.128. The van der Waals surface area contributed by atoms with E-state index in [9.17, 15) is 0 Å². The Morgan fingerprint density at radius 3 is 2.90 bits per heavy atom. The summed E-state index contributed by atoms with van der Waals surface area (Å²) in [4.78, 5) is 2.32. The fourth-order valence-corrected chi connectivity index (χ4v) is 2.82. The molecule has 1 aliphatic rings. The topological polar surface area (TPSA) is 54.2 Å². The van der Waals surface area contributed by atoms with Crippen LogP contribution in [0.4, 0.5) is 6.01 Å². The van der Waals surface area contributed by atoms with E-state index in [4.69, 9.17) is 4.42 Å². The molecule has 0 radical (unpaired) electrons. The first-order valence-corrected chi connectivity index (χ1v) is 8.09. The maximum atomic E-state index is 5.91. The van der Waals surface area contributed by atoms with Gasteiger partial charge in [0.05, 0.1) is 6.04 Å². The Morgan fingerprint density at radius 2 is 2.15 bits per heavy atom. The van der Waals surface area contributed by atoms with E-state index in [0.29, 0.717) is 17.9 Å². The highest BCUT2D eigenvalue weighted by atomic mass is 16.4. The van der Waals surface area contributed by atoms with Gasteiger partial charge in [-0.1, -0.05) is 31.8 Å². The molecule has 5 nitrogen and oxygen atoms in total. The summed E-state index contributed by atoms with van der Waals surface area (Å²) in [5.74, 6) is 0.701. The first-order chi connectivity index (χ1) is 9.76. The molecular weight excluding hydrogens is 252 g/mol. The molecule has 2 heterocycles. The smallest absolute Gasteiger partial charge is 0.318 e. The van der Waals surface area contributed by atoms with Crippen molar-refractivity contribution in [2.75, 3.05) is 18.0 Å². The second-order valence-electron chi connectivity index (χ2n) is 5.70. The van der Waals surface area contributed by atoms with Gasteiger partial charge in [-0.2, -0.15) is 0 Å². The monoisotopic (exact) mass is 280 g/mol. The molecule has 1 aromatic heterocycles. The Bertz CT molecular complexity index is 393. The molecule has 1 aromatic rings. The van der Waals surface area contributed by atoms with Gasteiger partial charge in [-0.05, 0) is 39.2 Å². The highest BCUT2D eigenvalue weighted by molar-refractivity contribution is 5.27. The molecule has 5 heteroatoms. The lowest BCUT2D eigenvalue weighted by atomic mass is 10.1. The Morgan fingerprint density at radius 1 is 1.30 bits per heavy atom. The predicted molar refractivity (Wildman–Crippen MR) is 80.9 cm³/mol. The van der Waals surface area contributed by atoms with Crippen molar-refractivity contribution in [3.05, 3.63) is 5.89 Å². The molecule has 1 aliphatic heterocycles. The summed E-state index contributed by atoms with van der Waals surface area (Å²) in [5, 5.41) is 11.9. The second-order valence-corrected chi connectivity index (χ2v) is 5.70. The molecular formula is C15H28N4O. The third kappa shape index (κ3) is 3.72. The number of aromatic nitrogens is 2. The number of nitrogens with one attached hydrogen (secondary N) is 1. The van der Waals surface area contributed by atoms with E-state index >= 15 is 0 Å². The zero-order valence-electron chi connectivity index (χ0n) is 13.1. The van der Waals surface area contributed by atoms with E-state index < -0.39 is 0 Å². The first-order valence-electron chi connectivity index (χ1n) is 8.09. The molecule has 0 amide bonds. The van der Waals surface area contributed by atoms with Gasteiger partial charge in [0.25, 0.3) is 0 Å². The summed E-state index contributed by atoms with van der Waals surface area (Å²) < 4.78 is 5.91. The van der Waals surface area contributed by atoms with Crippen LogP contribution in [0.1, 0.15) is 71.2 Å². The van der Waals surface area contributed by atoms with Crippen LogP contribution in [0, 0.1) is 0 Å². The highest BCUT2D eigenvalue weighted by Gasteiger charge is 2.25. The van der Waals surface area contributed by atoms with Crippen LogP contribution in [-0.2, 0) is 0 Å². The summed E-state index contributed by atoms with van der Waals surface area (Å²) in [5.41, 5.74) is 0. The Labute approximate surface area is 122 Å². The van der Waals surface area contributed by atoms with Crippen molar-refractivity contribution >= 4 is 6.01 Å². The van der Waals surface area contributed by atoms with Gasteiger partial charge in [0.1, 0.15) is 0 Å². The Hall–Kier alpha value is -1.10. The van der Waals surface area contributed by atoms with Crippen LogP contribution in [0.5, 0.6) is 0 Å². The molecule has 2 unspecified atom stereocenters. The number of hydrogen-bond acceptors (Lipinski definition) is 5. The molecule has 0 aromatic carbocycles. The standard InChI is InChI=1S/C15H28N4O/c1-4-10-16-12(3)14-17-18-15(20-14)19-11-8-6-7-9-13(19)5-2/h12-13,16H,4-11H2,1-3H3. The average Bonchev–Trinajstić information content (AvgIpc) is 2.83. The molecule has 1 N–H and O–H groups in total. The maximum absolute atomic E-state index is 5.91. The zero-order chi connectivity index (χ0) is 14.4. The summed E-state index contributed by atoms with van der Waals surface area (Å²) in [6, 6.07) is 1.38. The van der Waals surface area contributed by atoms with Gasteiger partial charge < -0.3 is 14.6 Å². The summed E-state index contributed by atoms with van der Waals surface area (Å²) >= 11 is 0. The number of anilines is 1. The van der Waals surface area contributed by atoms with Crippen LogP contribution in [-0.4, -0.2) is 29.3 Å². The SMILES string of the molecule is CCCNC(C)c1nnc(N2CCCCCC2CC)o1. The van der Waals surface area contributed by atoms with E-state index in [1.807, 2.05) is 0 Å². The third-order valence-corrected chi connectivity index (χ3v) is 4.09. The number of nitrogens with zero attached hydrogens (tertiary/aromatic N) is 3. The van der Waals surface area contributed by atoms with Gasteiger partial charge in [0.15, 0.2) is 0 Å². The molecule has 2 atom stereocenters. The lowest BCUT2D eigenvalue weighted by Gasteiger charge is -2.27. The average molecular weight is 280 g/mol. The van der Waals surface area contributed by atoms with E-state index in [2.05, 4.69) is 41.2 Å². The molecule has 0 saturated carbocycles. The van der Waals surface area contributed by atoms with Crippen molar-refractivity contribution < 1.29 is 4.42 Å². The largest absolute Gasteiger partial charge is 0.406 e. The molecule has 114 valence electrons. The number of rotatable bonds is 6. The minimum Gasteiger partial charge on any atom is -0.406 e. The van der Waals surface area contributed by atoms with Gasteiger partial charge >= 0.3 is 6.01 Å². The van der Waals surface area contributed by atoms with Gasteiger partial charge in [-0.25, -0.2) is 0 Å². The lowest BCUT2D eigenvalue weighted by Crippen LogP contribution is -2.34. The van der Waals surface area contributed by atoms with Gasteiger partial charge in [0, 0.05) is 12.6 Å². The molecule has 0 aliphatic carbocycles. The van der Waals surface area contributed by atoms with Crippen molar-refractivity contribution in [1.29, 1.82) is 0 Å². The molecule has 1 fully saturated rings. The van der Waals surface area contributed by atoms with Crippen LogP contribution in [0.3, 0.4) is 0 Å². The Balaban J connectivity index is 2.05. The molecule has 0 bridgehead atoms. The van der Waals surface area contributed by atoms with Crippen LogP contribution in [0.25, 0.3) is 0 Å². The van der Waals surface area contributed by atoms with E-state index in [0.717, 1.165) is 25.9 Å². The van der Waals surface area contributed by atoms with Gasteiger partial charge in [-0.3, -0.25) is 0 Å². The summed E-state index contributed by atoms with van der Waals surface area (Å²) in [6.45, 7) is 8.48. The molecule has 2 rings (SSSR count). The van der Waals surface area contributed by atoms with Crippen LogP contribution >= 0.6 is 0 Å². The van der Waals surface area contributed by atoms with Crippen molar-refractivity contribution in [2.45, 2.75) is 71.4 Å². The predicted octanol–water partition coefficient (Wildman–Crippen LogP) is 3.29. The highest BCUT2D eigenvalue weighted by Crippen LogP contribution is 2.26. The van der Waals surface area contributed by atoms with Gasteiger partial charge in [-0.15, -0.1) is 5.10 Å². The molecule has 20 heavy (non-hydrogen) atoms. The van der Waals surface area contributed by atoms with Crippen molar-refractivity contribution in [1.82, 2.24) is 15.5 Å². The summed E-state index contributed by atoms with van der Waals surface area (Å²) in [6.07, 6.45) is 7.32. The van der Waals surface area contributed by atoms with E-state index in [-0.39, 0.29) is 6.04 Å². The normalized spacial score (nSPS) is 21.8. The van der Waals surface area contributed by atoms with Crippen LogP contribution in [0.15, 0.2) is 4.42 Å². The Kier molecular flexibility index (Phi) is 5.83. The fourth-order valence-electron chi connectivity index (χ4n) is 2.82. The zero-order valence-corrected chi connectivity index (χ0v) is 13.1. The molecule has 0 spiro atoms. The first kappa shape index (κ1) is 15.3. The van der Waals surface area contributed by atoms with Crippen molar-refractivity contribution in [3.8, 4) is 0 Å². The van der Waals surface area contributed by atoms with Crippen molar-refractivity contribution in [2.24, 2.45) is 0 Å². The van der Waals surface area contributed by atoms with Crippen molar-refractivity contribution in [3.63, 3.8) is 0 Å². The minimum absolute atomic E-state index is 0.128. The van der Waals surface area contributed by atoms with E-state index in [1.165, 1.54) is 25.7 Å². The summed E-state index contributed by atoms with van der Waals surface area (Å²) in [7, 11) is 0. The lowest BCUT2D eigenvalue weighted by molar-refractivity contribution is 0.403. The third-order valence-electron chi connectivity index (χ3n) is 4.09. The number of hydrogen-bond donors (Lipinski definition) is 1. The second kappa shape index (κ2) is 7.62. The maximum Gasteiger partial charge on any atom is 0.318 e. The van der Waals surface area contributed by atoms with Crippen LogP contribution < -0.4 is 10.2 Å². The van der Waals surface area contributed by atoms with Crippen LogP contribution in [0.2, 0.25) is 0 Å². The quantitative estimate of drug-likeness (QED) is 0.866. The fraction of sp³-hybridized carbons (Fsp3) is 0.867. The van der Waals surface area contributed by atoms with E-state index in [1.54, 1.807) is 0 Å².